The molecule has 0 spiro atoms. The number of hydrogen-bond donors (Lipinski definition) is 2. The van der Waals surface area contributed by atoms with Crippen molar-refractivity contribution in [3.63, 3.8) is 0 Å². The van der Waals surface area contributed by atoms with E-state index in [9.17, 15) is 9.18 Å². The first-order chi connectivity index (χ1) is 9.10. The fraction of sp³-hybridized carbons (Fsp3) is 0.533. The van der Waals surface area contributed by atoms with Crippen molar-refractivity contribution in [2.45, 2.75) is 38.7 Å². The highest BCUT2D eigenvalue weighted by Crippen LogP contribution is 2.31. The predicted octanol–water partition coefficient (Wildman–Crippen LogP) is 2.75. The maximum Gasteiger partial charge on any atom is 0.306 e. The lowest BCUT2D eigenvalue weighted by molar-refractivity contribution is -0.143. The van der Waals surface area contributed by atoms with Crippen molar-refractivity contribution in [2.24, 2.45) is 11.8 Å². The van der Waals surface area contributed by atoms with E-state index in [0.717, 1.165) is 37.7 Å². The van der Waals surface area contributed by atoms with Crippen molar-refractivity contribution in [1.29, 1.82) is 0 Å². The first-order valence-electron chi connectivity index (χ1n) is 6.71. The van der Waals surface area contributed by atoms with Gasteiger partial charge in [0.25, 0.3) is 0 Å². The average Bonchev–Trinajstić information content (AvgIpc) is 2.39. The van der Waals surface area contributed by atoms with Gasteiger partial charge in [-0.2, -0.15) is 0 Å². The summed E-state index contributed by atoms with van der Waals surface area (Å²) < 4.78 is 13.5. The van der Waals surface area contributed by atoms with Crippen LogP contribution in [-0.2, 0) is 17.8 Å². The normalized spacial score (nSPS) is 23.3. The van der Waals surface area contributed by atoms with E-state index in [1.54, 1.807) is 6.07 Å². The van der Waals surface area contributed by atoms with Crippen molar-refractivity contribution in [2.75, 3.05) is 0 Å². The van der Waals surface area contributed by atoms with Gasteiger partial charge in [0, 0.05) is 5.56 Å². The van der Waals surface area contributed by atoms with Gasteiger partial charge in [0.05, 0.1) is 12.5 Å². The van der Waals surface area contributed by atoms with Crippen molar-refractivity contribution in [1.82, 2.24) is 0 Å². The van der Waals surface area contributed by atoms with Crippen molar-refractivity contribution in [3.05, 3.63) is 35.1 Å². The molecule has 0 atom stereocenters. The maximum absolute atomic E-state index is 13.5. The first-order valence-corrected chi connectivity index (χ1v) is 6.71. The lowest BCUT2D eigenvalue weighted by Gasteiger charge is -2.26. The minimum absolute atomic E-state index is 0.204. The van der Waals surface area contributed by atoms with Crippen LogP contribution < -0.4 is 0 Å². The predicted molar refractivity (Wildman–Crippen MR) is 69.1 cm³/mol. The van der Waals surface area contributed by atoms with Crippen LogP contribution in [0.4, 0.5) is 4.39 Å². The molecule has 1 fully saturated rings. The Morgan fingerprint density at radius 2 is 1.95 bits per heavy atom. The van der Waals surface area contributed by atoms with Gasteiger partial charge >= 0.3 is 5.97 Å². The molecule has 2 rings (SSSR count). The highest BCUT2D eigenvalue weighted by Gasteiger charge is 2.25. The summed E-state index contributed by atoms with van der Waals surface area (Å²) >= 11 is 0. The number of carboxylic acid groups (broad SMARTS) is 1. The molecule has 0 saturated heterocycles. The van der Waals surface area contributed by atoms with Crippen LogP contribution in [0.3, 0.4) is 0 Å². The highest BCUT2D eigenvalue weighted by molar-refractivity contribution is 5.69. The summed E-state index contributed by atoms with van der Waals surface area (Å²) in [6, 6.07) is 4.94. The molecule has 19 heavy (non-hydrogen) atoms. The first kappa shape index (κ1) is 14.0. The number of benzene rings is 1. The smallest absolute Gasteiger partial charge is 0.306 e. The molecule has 0 aliphatic heterocycles. The molecular formula is C15H19FO3. The summed E-state index contributed by atoms with van der Waals surface area (Å²) in [6.07, 6.45) is 4.00. The van der Waals surface area contributed by atoms with E-state index in [4.69, 9.17) is 10.2 Å². The largest absolute Gasteiger partial charge is 0.481 e. The number of aliphatic hydroxyl groups is 1. The molecule has 0 heterocycles. The van der Waals surface area contributed by atoms with E-state index in [1.165, 1.54) is 6.07 Å². The molecule has 0 amide bonds. The summed E-state index contributed by atoms with van der Waals surface area (Å²) in [5.41, 5.74) is 1.24. The molecule has 2 N–H and O–H groups in total. The van der Waals surface area contributed by atoms with E-state index in [1.807, 2.05) is 6.07 Å². The van der Waals surface area contributed by atoms with Crippen LogP contribution in [0, 0.1) is 17.7 Å². The van der Waals surface area contributed by atoms with Gasteiger partial charge in [-0.3, -0.25) is 4.79 Å². The van der Waals surface area contributed by atoms with Crippen LogP contribution in [0.2, 0.25) is 0 Å². The Kier molecular flexibility index (Phi) is 4.53. The molecule has 0 unspecified atom stereocenters. The van der Waals surface area contributed by atoms with Gasteiger partial charge in [0.15, 0.2) is 0 Å². The van der Waals surface area contributed by atoms with E-state index < -0.39 is 5.97 Å². The van der Waals surface area contributed by atoms with Crippen LogP contribution >= 0.6 is 0 Å². The Labute approximate surface area is 112 Å². The Balaban J connectivity index is 1.92. The fourth-order valence-corrected chi connectivity index (χ4v) is 2.79. The van der Waals surface area contributed by atoms with Gasteiger partial charge < -0.3 is 10.2 Å². The number of aliphatic hydroxyl groups excluding tert-OH is 1. The molecule has 1 aromatic rings. The van der Waals surface area contributed by atoms with Gasteiger partial charge in [-0.25, -0.2) is 4.39 Å². The third-order valence-electron chi connectivity index (χ3n) is 4.01. The van der Waals surface area contributed by atoms with E-state index in [-0.39, 0.29) is 18.3 Å². The lowest BCUT2D eigenvalue weighted by Crippen LogP contribution is -2.22. The lowest BCUT2D eigenvalue weighted by atomic mass is 9.79. The number of carbonyl (C=O) groups is 1. The number of carboxylic acids is 1. The van der Waals surface area contributed by atoms with Crippen LogP contribution in [0.25, 0.3) is 0 Å². The zero-order valence-electron chi connectivity index (χ0n) is 10.8. The van der Waals surface area contributed by atoms with Crippen LogP contribution in [0.5, 0.6) is 0 Å². The fourth-order valence-electron chi connectivity index (χ4n) is 2.79. The minimum Gasteiger partial charge on any atom is -0.481 e. The molecule has 0 aromatic heterocycles. The van der Waals surface area contributed by atoms with Gasteiger partial charge in [-0.05, 0) is 49.7 Å². The highest BCUT2D eigenvalue weighted by atomic mass is 19.1. The van der Waals surface area contributed by atoms with Crippen LogP contribution in [-0.4, -0.2) is 16.2 Å². The molecule has 1 aliphatic rings. The van der Waals surface area contributed by atoms with Crippen LogP contribution in [0.1, 0.15) is 36.8 Å². The average molecular weight is 266 g/mol. The molecule has 1 saturated carbocycles. The number of rotatable bonds is 4. The number of halogens is 1. The summed E-state index contributed by atoms with van der Waals surface area (Å²) in [5.74, 6) is -0.823. The van der Waals surface area contributed by atoms with Crippen molar-refractivity contribution in [3.8, 4) is 0 Å². The zero-order chi connectivity index (χ0) is 13.8. The number of aliphatic carboxylic acids is 1. The molecule has 0 bridgehead atoms. The molecular weight excluding hydrogens is 247 g/mol. The third kappa shape index (κ3) is 3.53. The molecule has 1 aromatic carbocycles. The molecule has 0 radical (unpaired) electrons. The standard InChI is InChI=1S/C15H19FO3/c16-14-8-11(3-6-13(14)9-17)7-10-1-4-12(5-2-10)15(18)19/h3,6,8,10,12,17H,1-2,4-5,7,9H2,(H,18,19)/t10-,12-. The van der Waals surface area contributed by atoms with Crippen molar-refractivity contribution >= 4 is 5.97 Å². The second kappa shape index (κ2) is 6.15. The number of hydrogen-bond acceptors (Lipinski definition) is 2. The topological polar surface area (TPSA) is 57.5 Å². The van der Waals surface area contributed by atoms with Gasteiger partial charge in [0.1, 0.15) is 5.82 Å². The summed E-state index contributed by atoms with van der Waals surface area (Å²) in [5, 5.41) is 17.9. The Hall–Kier alpha value is -1.42. The molecule has 1 aliphatic carbocycles. The Bertz CT molecular complexity index is 451. The quantitative estimate of drug-likeness (QED) is 0.881. The van der Waals surface area contributed by atoms with Gasteiger partial charge in [-0.15, -0.1) is 0 Å². The molecule has 3 nitrogen and oxygen atoms in total. The molecule has 4 heteroatoms. The van der Waals surface area contributed by atoms with Crippen molar-refractivity contribution < 1.29 is 19.4 Å². The minimum atomic E-state index is -0.697. The van der Waals surface area contributed by atoms with Crippen LogP contribution in [0.15, 0.2) is 18.2 Å². The Morgan fingerprint density at radius 1 is 1.26 bits per heavy atom. The summed E-state index contributed by atoms with van der Waals surface area (Å²) in [4.78, 5) is 10.9. The van der Waals surface area contributed by atoms with E-state index in [2.05, 4.69) is 0 Å². The Morgan fingerprint density at radius 3 is 2.47 bits per heavy atom. The van der Waals surface area contributed by atoms with E-state index in [0.29, 0.717) is 11.5 Å². The summed E-state index contributed by atoms with van der Waals surface area (Å²) in [7, 11) is 0. The SMILES string of the molecule is O=C(O)[C@H]1CC[C@H](Cc2ccc(CO)c(F)c2)CC1. The monoisotopic (exact) mass is 266 g/mol. The zero-order valence-corrected chi connectivity index (χ0v) is 10.8. The maximum atomic E-state index is 13.5. The van der Waals surface area contributed by atoms with Gasteiger partial charge in [-0.1, -0.05) is 12.1 Å². The summed E-state index contributed by atoms with van der Waals surface area (Å²) in [6.45, 7) is -0.282. The second-order valence-electron chi connectivity index (χ2n) is 5.34. The third-order valence-corrected chi connectivity index (χ3v) is 4.01. The van der Waals surface area contributed by atoms with E-state index >= 15 is 0 Å². The molecule has 104 valence electrons. The van der Waals surface area contributed by atoms with Gasteiger partial charge in [0.2, 0.25) is 0 Å². The second-order valence-corrected chi connectivity index (χ2v) is 5.34.